The zero-order chi connectivity index (χ0) is 16.6. The van der Waals surface area contributed by atoms with Gasteiger partial charge in [-0.1, -0.05) is 30.9 Å². The van der Waals surface area contributed by atoms with E-state index in [0.717, 1.165) is 31.6 Å². The molecule has 1 amide bonds. The van der Waals surface area contributed by atoms with Gasteiger partial charge in [0, 0.05) is 18.7 Å². The molecule has 1 heterocycles. The van der Waals surface area contributed by atoms with Crippen LogP contribution >= 0.6 is 0 Å². The summed E-state index contributed by atoms with van der Waals surface area (Å²) < 4.78 is 0. The zero-order valence-electron chi connectivity index (χ0n) is 14.4. The summed E-state index contributed by atoms with van der Waals surface area (Å²) in [5, 5.41) is 6.42. The number of allylic oxidation sites excluding steroid dienone is 1. The van der Waals surface area contributed by atoms with E-state index in [-0.39, 0.29) is 5.91 Å². The van der Waals surface area contributed by atoms with Crippen molar-refractivity contribution in [1.82, 2.24) is 15.3 Å². The van der Waals surface area contributed by atoms with Crippen molar-refractivity contribution in [2.75, 3.05) is 11.9 Å². The number of nitrogens with one attached hydrogen (secondary N) is 2. The van der Waals surface area contributed by atoms with Gasteiger partial charge in [-0.25, -0.2) is 9.97 Å². The van der Waals surface area contributed by atoms with Crippen LogP contribution < -0.4 is 10.6 Å². The van der Waals surface area contributed by atoms with Gasteiger partial charge >= 0.3 is 0 Å². The summed E-state index contributed by atoms with van der Waals surface area (Å²) in [4.78, 5) is 20.7. The van der Waals surface area contributed by atoms with Crippen molar-refractivity contribution < 1.29 is 4.79 Å². The van der Waals surface area contributed by atoms with Crippen LogP contribution in [-0.4, -0.2) is 28.5 Å². The molecule has 0 aliphatic heterocycles. The lowest BCUT2D eigenvalue weighted by molar-refractivity contribution is 0.0922. The number of carbonyl (C=O) groups excluding carboxylic acids is 1. The zero-order valence-corrected chi connectivity index (χ0v) is 14.4. The minimum Gasteiger partial charge on any atom is -0.370 e. The number of carbonyl (C=O) groups is 1. The van der Waals surface area contributed by atoms with Gasteiger partial charge in [0.05, 0.1) is 0 Å². The van der Waals surface area contributed by atoms with Gasteiger partial charge in [-0.05, 0) is 44.9 Å². The molecular weight excluding hydrogens is 300 g/mol. The fourth-order valence-corrected chi connectivity index (χ4v) is 3.57. The SMILES string of the molecule is O=C(NC1CCCCC1)c1cc(NCCC2=CCCCC2)ncn1. The molecule has 1 aromatic rings. The van der Waals surface area contributed by atoms with Crippen molar-refractivity contribution in [2.24, 2.45) is 0 Å². The summed E-state index contributed by atoms with van der Waals surface area (Å²) in [6.45, 7) is 0.854. The maximum absolute atomic E-state index is 12.3. The Morgan fingerprint density at radius 1 is 1.12 bits per heavy atom. The fourth-order valence-electron chi connectivity index (χ4n) is 3.57. The van der Waals surface area contributed by atoms with Gasteiger partial charge in [-0.3, -0.25) is 4.79 Å². The van der Waals surface area contributed by atoms with Crippen LogP contribution in [0.25, 0.3) is 0 Å². The van der Waals surface area contributed by atoms with Gasteiger partial charge in [0.2, 0.25) is 0 Å². The first-order chi connectivity index (χ1) is 11.8. The summed E-state index contributed by atoms with van der Waals surface area (Å²) in [6, 6.07) is 2.06. The molecule has 0 spiro atoms. The number of rotatable bonds is 6. The second-order valence-corrected chi connectivity index (χ2v) is 6.88. The molecule has 1 fully saturated rings. The third-order valence-corrected chi connectivity index (χ3v) is 4.98. The van der Waals surface area contributed by atoms with E-state index in [1.807, 2.05) is 0 Å². The Hall–Kier alpha value is -1.91. The Balaban J connectivity index is 1.49. The molecule has 0 aromatic carbocycles. The van der Waals surface area contributed by atoms with Crippen molar-refractivity contribution in [3.8, 4) is 0 Å². The summed E-state index contributed by atoms with van der Waals surface area (Å²) in [5.41, 5.74) is 1.99. The van der Waals surface area contributed by atoms with Crippen LogP contribution in [0.15, 0.2) is 24.0 Å². The number of anilines is 1. The minimum atomic E-state index is -0.0812. The molecule has 2 aliphatic rings. The summed E-state index contributed by atoms with van der Waals surface area (Å²) in [6.07, 6.45) is 15.8. The quantitative estimate of drug-likeness (QED) is 0.779. The number of nitrogens with zero attached hydrogens (tertiary/aromatic N) is 2. The molecule has 0 bridgehead atoms. The smallest absolute Gasteiger partial charge is 0.270 e. The number of hydrogen-bond donors (Lipinski definition) is 2. The maximum Gasteiger partial charge on any atom is 0.270 e. The van der Waals surface area contributed by atoms with E-state index >= 15 is 0 Å². The van der Waals surface area contributed by atoms with E-state index in [1.54, 1.807) is 6.07 Å². The molecule has 5 heteroatoms. The molecule has 2 aliphatic carbocycles. The average molecular weight is 328 g/mol. The van der Waals surface area contributed by atoms with Crippen LogP contribution in [0.1, 0.15) is 74.7 Å². The van der Waals surface area contributed by atoms with Gasteiger partial charge in [-0.15, -0.1) is 0 Å². The van der Waals surface area contributed by atoms with Crippen molar-refractivity contribution in [3.05, 3.63) is 29.7 Å². The Kier molecular flexibility index (Phi) is 6.21. The lowest BCUT2D eigenvalue weighted by Crippen LogP contribution is -2.36. The highest BCUT2D eigenvalue weighted by Gasteiger charge is 2.17. The second-order valence-electron chi connectivity index (χ2n) is 6.88. The molecule has 0 radical (unpaired) electrons. The molecule has 0 saturated heterocycles. The van der Waals surface area contributed by atoms with Crippen LogP contribution in [-0.2, 0) is 0 Å². The van der Waals surface area contributed by atoms with E-state index in [2.05, 4.69) is 26.7 Å². The second kappa shape index (κ2) is 8.81. The highest BCUT2D eigenvalue weighted by molar-refractivity contribution is 5.93. The minimum absolute atomic E-state index is 0.0812. The average Bonchev–Trinajstić information content (AvgIpc) is 2.64. The van der Waals surface area contributed by atoms with Crippen LogP contribution in [0, 0.1) is 0 Å². The summed E-state index contributed by atoms with van der Waals surface area (Å²) in [5.74, 6) is 0.651. The summed E-state index contributed by atoms with van der Waals surface area (Å²) >= 11 is 0. The largest absolute Gasteiger partial charge is 0.370 e. The lowest BCUT2D eigenvalue weighted by Gasteiger charge is -2.22. The third kappa shape index (κ3) is 5.05. The molecular formula is C19H28N4O. The van der Waals surface area contributed by atoms with Crippen molar-refractivity contribution in [3.63, 3.8) is 0 Å². The first kappa shape index (κ1) is 16.9. The molecule has 130 valence electrons. The van der Waals surface area contributed by atoms with E-state index in [1.165, 1.54) is 56.8 Å². The van der Waals surface area contributed by atoms with E-state index < -0.39 is 0 Å². The van der Waals surface area contributed by atoms with Crippen LogP contribution in [0.2, 0.25) is 0 Å². The predicted molar refractivity (Wildman–Crippen MR) is 96.0 cm³/mol. The Morgan fingerprint density at radius 2 is 2.00 bits per heavy atom. The van der Waals surface area contributed by atoms with Crippen molar-refractivity contribution >= 4 is 11.7 Å². The fraction of sp³-hybridized carbons (Fsp3) is 0.632. The molecule has 1 aromatic heterocycles. The van der Waals surface area contributed by atoms with Gasteiger partial charge in [0.25, 0.3) is 5.91 Å². The number of amides is 1. The standard InChI is InChI=1S/C19H28N4O/c24-19(23-16-9-5-2-6-10-16)17-13-18(22-14-21-17)20-12-11-15-7-3-1-4-8-15/h7,13-14,16H,1-6,8-12H2,(H,23,24)(H,20,21,22). The van der Waals surface area contributed by atoms with E-state index in [0.29, 0.717) is 11.7 Å². The van der Waals surface area contributed by atoms with Crippen LogP contribution in [0.3, 0.4) is 0 Å². The number of aromatic nitrogens is 2. The Labute approximate surface area is 144 Å². The number of hydrogen-bond acceptors (Lipinski definition) is 4. The summed E-state index contributed by atoms with van der Waals surface area (Å²) in [7, 11) is 0. The first-order valence-corrected chi connectivity index (χ1v) is 9.36. The predicted octanol–water partition coefficient (Wildman–Crippen LogP) is 3.84. The maximum atomic E-state index is 12.3. The van der Waals surface area contributed by atoms with Crippen molar-refractivity contribution in [1.29, 1.82) is 0 Å². The highest BCUT2D eigenvalue weighted by atomic mass is 16.1. The molecule has 1 saturated carbocycles. The normalized spacial score (nSPS) is 18.8. The first-order valence-electron chi connectivity index (χ1n) is 9.36. The molecule has 5 nitrogen and oxygen atoms in total. The van der Waals surface area contributed by atoms with Crippen LogP contribution in [0.5, 0.6) is 0 Å². The van der Waals surface area contributed by atoms with E-state index in [4.69, 9.17) is 0 Å². The van der Waals surface area contributed by atoms with Gasteiger partial charge in [0.1, 0.15) is 17.8 Å². The van der Waals surface area contributed by atoms with Gasteiger partial charge < -0.3 is 10.6 Å². The molecule has 0 unspecified atom stereocenters. The molecule has 0 atom stereocenters. The molecule has 3 rings (SSSR count). The third-order valence-electron chi connectivity index (χ3n) is 4.98. The Bertz CT molecular complexity index is 578. The van der Waals surface area contributed by atoms with Crippen molar-refractivity contribution in [2.45, 2.75) is 70.3 Å². The van der Waals surface area contributed by atoms with Gasteiger partial charge in [0.15, 0.2) is 0 Å². The monoisotopic (exact) mass is 328 g/mol. The lowest BCUT2D eigenvalue weighted by atomic mass is 9.95. The van der Waals surface area contributed by atoms with E-state index in [9.17, 15) is 4.79 Å². The van der Waals surface area contributed by atoms with Crippen LogP contribution in [0.4, 0.5) is 5.82 Å². The highest BCUT2D eigenvalue weighted by Crippen LogP contribution is 2.20. The van der Waals surface area contributed by atoms with Gasteiger partial charge in [-0.2, -0.15) is 0 Å². The molecule has 2 N–H and O–H groups in total. The topological polar surface area (TPSA) is 66.9 Å². The Morgan fingerprint density at radius 3 is 2.79 bits per heavy atom. The molecule has 24 heavy (non-hydrogen) atoms.